The number of thioether (sulfide) groups is 1. The summed E-state index contributed by atoms with van der Waals surface area (Å²) >= 11 is 1.28. The van der Waals surface area contributed by atoms with Crippen LogP contribution in [0, 0.1) is 0 Å². The number of phenols is 1. The van der Waals surface area contributed by atoms with Crippen molar-refractivity contribution in [1.29, 1.82) is 0 Å². The summed E-state index contributed by atoms with van der Waals surface area (Å²) in [6, 6.07) is 3.87. The van der Waals surface area contributed by atoms with E-state index in [1.54, 1.807) is 12.1 Å². The van der Waals surface area contributed by atoms with Crippen LogP contribution in [0.15, 0.2) is 23.2 Å². The molecule has 3 N–H and O–H groups in total. The summed E-state index contributed by atoms with van der Waals surface area (Å²) in [5, 5.41) is 27.9. The number of aromatic hydroxyl groups is 1. The van der Waals surface area contributed by atoms with Crippen LogP contribution in [0.2, 0.25) is 0 Å². The van der Waals surface area contributed by atoms with Gasteiger partial charge in [0, 0.05) is 23.8 Å². The number of aliphatic carboxylic acids is 2. The van der Waals surface area contributed by atoms with Gasteiger partial charge in [-0.05, 0) is 18.6 Å². The fourth-order valence-corrected chi connectivity index (χ4v) is 2.91. The molecule has 24 heavy (non-hydrogen) atoms. The van der Waals surface area contributed by atoms with E-state index in [4.69, 9.17) is 14.9 Å². The van der Waals surface area contributed by atoms with Gasteiger partial charge < -0.3 is 20.1 Å². The minimum absolute atomic E-state index is 0.0219. The molecule has 7 nitrogen and oxygen atoms in total. The van der Waals surface area contributed by atoms with Crippen LogP contribution in [-0.2, 0) is 9.59 Å². The topological polar surface area (TPSA) is 116 Å². The highest BCUT2D eigenvalue weighted by atomic mass is 32.2. The summed E-state index contributed by atoms with van der Waals surface area (Å²) in [5.74, 6) is -1.15. The fraction of sp³-hybridized carbons (Fsp3) is 0.438. The van der Waals surface area contributed by atoms with Crippen LogP contribution in [0.3, 0.4) is 0 Å². The van der Waals surface area contributed by atoms with E-state index in [0.717, 1.165) is 0 Å². The van der Waals surface area contributed by atoms with Crippen molar-refractivity contribution in [2.24, 2.45) is 4.99 Å². The van der Waals surface area contributed by atoms with E-state index in [1.807, 2.05) is 13.8 Å². The van der Waals surface area contributed by atoms with E-state index in [1.165, 1.54) is 17.8 Å². The predicted molar refractivity (Wildman–Crippen MR) is 92.2 cm³/mol. The SMILES string of the molecule is CC.O=C(O)CCCOc1ccc(C2=NC(C(=O)O)CS2)c(O)c1. The molecule has 1 aliphatic heterocycles. The molecule has 0 saturated carbocycles. The summed E-state index contributed by atoms with van der Waals surface area (Å²) in [5.41, 5.74) is 0.464. The Labute approximate surface area is 144 Å². The van der Waals surface area contributed by atoms with Crippen molar-refractivity contribution in [3.63, 3.8) is 0 Å². The highest BCUT2D eigenvalue weighted by Crippen LogP contribution is 2.31. The minimum Gasteiger partial charge on any atom is -0.507 e. The third kappa shape index (κ3) is 5.77. The quantitative estimate of drug-likeness (QED) is 0.644. The highest BCUT2D eigenvalue weighted by Gasteiger charge is 2.26. The Morgan fingerprint density at radius 3 is 2.58 bits per heavy atom. The first-order chi connectivity index (χ1) is 11.5. The van der Waals surface area contributed by atoms with Crippen LogP contribution in [0.1, 0.15) is 32.3 Å². The van der Waals surface area contributed by atoms with Gasteiger partial charge in [-0.25, -0.2) is 4.79 Å². The van der Waals surface area contributed by atoms with Gasteiger partial charge >= 0.3 is 11.9 Å². The van der Waals surface area contributed by atoms with Crippen molar-refractivity contribution in [3.05, 3.63) is 23.8 Å². The maximum atomic E-state index is 10.9. The van der Waals surface area contributed by atoms with Gasteiger partial charge in [-0.2, -0.15) is 0 Å². The lowest BCUT2D eigenvalue weighted by atomic mass is 10.2. The summed E-state index contributed by atoms with van der Waals surface area (Å²) in [6.07, 6.45) is 0.398. The second-order valence-electron chi connectivity index (χ2n) is 4.62. The second kappa shape index (κ2) is 9.82. The summed E-state index contributed by atoms with van der Waals surface area (Å²) in [7, 11) is 0. The van der Waals surface area contributed by atoms with Crippen molar-refractivity contribution >= 4 is 28.7 Å². The van der Waals surface area contributed by atoms with Crippen LogP contribution in [0.5, 0.6) is 11.5 Å². The minimum atomic E-state index is -0.986. The molecule has 0 bridgehead atoms. The van der Waals surface area contributed by atoms with Gasteiger partial charge in [0.15, 0.2) is 6.04 Å². The molecule has 2 rings (SSSR count). The molecule has 8 heteroatoms. The Kier molecular flexibility index (Phi) is 8.11. The molecule has 1 aromatic rings. The smallest absolute Gasteiger partial charge is 0.329 e. The maximum Gasteiger partial charge on any atom is 0.329 e. The average molecular weight is 355 g/mol. The molecule has 1 aliphatic rings. The number of nitrogens with zero attached hydrogens (tertiary/aromatic N) is 1. The van der Waals surface area contributed by atoms with Crippen molar-refractivity contribution in [2.45, 2.75) is 32.7 Å². The van der Waals surface area contributed by atoms with E-state index in [9.17, 15) is 14.7 Å². The largest absolute Gasteiger partial charge is 0.507 e. The van der Waals surface area contributed by atoms with Gasteiger partial charge in [0.2, 0.25) is 0 Å². The lowest BCUT2D eigenvalue weighted by Crippen LogP contribution is -2.17. The molecule has 0 aliphatic carbocycles. The fourth-order valence-electron chi connectivity index (χ4n) is 1.84. The lowest BCUT2D eigenvalue weighted by molar-refractivity contribution is -0.138. The van der Waals surface area contributed by atoms with Gasteiger partial charge in [0.05, 0.1) is 6.61 Å². The Balaban J connectivity index is 0.00000139. The molecule has 132 valence electrons. The Morgan fingerprint density at radius 1 is 1.33 bits per heavy atom. The Morgan fingerprint density at radius 2 is 2.04 bits per heavy atom. The van der Waals surface area contributed by atoms with E-state index in [-0.39, 0.29) is 18.8 Å². The van der Waals surface area contributed by atoms with E-state index in [0.29, 0.717) is 28.5 Å². The number of phenolic OH excluding ortho intramolecular Hbond substituents is 1. The van der Waals surface area contributed by atoms with Crippen molar-refractivity contribution in [3.8, 4) is 11.5 Å². The Bertz CT molecular complexity index is 617. The standard InChI is InChI=1S/C14H15NO6S.C2H6/c16-11-6-8(21-5-1-2-12(17)18)3-4-9(11)13-15-10(7-22-13)14(19)20;1-2/h3-4,6,10,16H,1-2,5,7H2,(H,17,18)(H,19,20);1-2H3. The molecular formula is C16H21NO6S. The van der Waals surface area contributed by atoms with Crippen LogP contribution >= 0.6 is 11.8 Å². The molecule has 1 aromatic carbocycles. The van der Waals surface area contributed by atoms with E-state index < -0.39 is 18.0 Å². The average Bonchev–Trinajstić information content (AvgIpc) is 3.03. The van der Waals surface area contributed by atoms with E-state index in [2.05, 4.69) is 4.99 Å². The third-order valence-corrected chi connectivity index (χ3v) is 4.02. The van der Waals surface area contributed by atoms with Crippen molar-refractivity contribution in [1.82, 2.24) is 0 Å². The molecule has 1 atom stereocenters. The number of aliphatic imine (C=N–C) groups is 1. The van der Waals surface area contributed by atoms with Crippen molar-refractivity contribution in [2.75, 3.05) is 12.4 Å². The third-order valence-electron chi connectivity index (χ3n) is 2.94. The monoisotopic (exact) mass is 355 g/mol. The first kappa shape index (κ1) is 19.8. The van der Waals surface area contributed by atoms with Gasteiger partial charge in [-0.1, -0.05) is 13.8 Å². The summed E-state index contributed by atoms with van der Waals surface area (Å²) in [6.45, 7) is 4.24. The van der Waals surface area contributed by atoms with Crippen LogP contribution in [0.25, 0.3) is 0 Å². The van der Waals surface area contributed by atoms with Gasteiger partial charge in [-0.15, -0.1) is 11.8 Å². The summed E-state index contributed by atoms with van der Waals surface area (Å²) in [4.78, 5) is 25.3. The molecule has 1 heterocycles. The van der Waals surface area contributed by atoms with Gasteiger partial charge in [-0.3, -0.25) is 9.79 Å². The predicted octanol–water partition coefficient (Wildman–Crippen LogP) is 2.61. The molecule has 1 unspecified atom stereocenters. The number of benzene rings is 1. The van der Waals surface area contributed by atoms with Crippen LogP contribution in [-0.4, -0.2) is 50.7 Å². The molecule has 0 radical (unpaired) electrons. The number of rotatable bonds is 7. The second-order valence-corrected chi connectivity index (χ2v) is 5.63. The van der Waals surface area contributed by atoms with Gasteiger partial charge in [0.25, 0.3) is 0 Å². The van der Waals surface area contributed by atoms with Gasteiger partial charge in [0.1, 0.15) is 16.5 Å². The highest BCUT2D eigenvalue weighted by molar-refractivity contribution is 8.14. The lowest BCUT2D eigenvalue weighted by Gasteiger charge is -2.08. The maximum absolute atomic E-state index is 10.9. The molecule has 0 saturated heterocycles. The zero-order valence-corrected chi connectivity index (χ0v) is 14.4. The first-order valence-corrected chi connectivity index (χ1v) is 8.57. The number of carboxylic acids is 2. The molecular weight excluding hydrogens is 334 g/mol. The number of hydrogen-bond acceptors (Lipinski definition) is 6. The van der Waals surface area contributed by atoms with Crippen LogP contribution < -0.4 is 4.74 Å². The first-order valence-electron chi connectivity index (χ1n) is 7.58. The molecule has 0 amide bonds. The number of hydrogen-bond donors (Lipinski definition) is 3. The van der Waals surface area contributed by atoms with Crippen LogP contribution in [0.4, 0.5) is 0 Å². The zero-order chi connectivity index (χ0) is 18.1. The molecule has 0 aromatic heterocycles. The van der Waals surface area contributed by atoms with Crippen molar-refractivity contribution < 1.29 is 29.6 Å². The number of carboxylic acid groups (broad SMARTS) is 2. The zero-order valence-electron chi connectivity index (χ0n) is 13.6. The number of ether oxygens (including phenoxy) is 1. The Hall–Kier alpha value is -2.22. The summed E-state index contributed by atoms with van der Waals surface area (Å²) < 4.78 is 5.35. The normalized spacial score (nSPS) is 15.9. The molecule has 0 fully saturated rings. The van der Waals surface area contributed by atoms with E-state index >= 15 is 0 Å². The molecule has 0 spiro atoms. The number of carbonyl (C=O) groups is 2.